The van der Waals surface area contributed by atoms with Gasteiger partial charge in [0.15, 0.2) is 0 Å². The van der Waals surface area contributed by atoms with Crippen molar-refractivity contribution in [3.63, 3.8) is 0 Å². The van der Waals surface area contributed by atoms with Crippen LogP contribution in [0.15, 0.2) is 0 Å². The van der Waals surface area contributed by atoms with Crippen LogP contribution < -0.4 is 0 Å². The maximum atomic E-state index is 11.9. The molecule has 0 spiro atoms. The Morgan fingerprint density at radius 3 is 2.07 bits per heavy atom. The molecule has 0 aliphatic rings. The Bertz CT molecular complexity index is 261. The molecule has 15 heavy (non-hydrogen) atoms. The molecule has 1 atom stereocenters. The molecule has 6 heteroatoms. The molecule has 92 valence electrons. The number of hydrogen-bond donors (Lipinski definition) is 1. The van der Waals surface area contributed by atoms with E-state index in [0.29, 0.717) is 26.1 Å². The summed E-state index contributed by atoms with van der Waals surface area (Å²) in [6, 6.07) is 0. The summed E-state index contributed by atoms with van der Waals surface area (Å²) in [6.07, 6.45) is -0.0175. The van der Waals surface area contributed by atoms with E-state index in [0.717, 1.165) is 0 Å². The maximum Gasteiger partial charge on any atom is 0.281 e. The van der Waals surface area contributed by atoms with Gasteiger partial charge in [-0.05, 0) is 13.3 Å². The van der Waals surface area contributed by atoms with E-state index < -0.39 is 16.3 Å². The molecule has 0 saturated heterocycles. The zero-order valence-electron chi connectivity index (χ0n) is 9.97. The number of aliphatic hydroxyl groups excluding tert-OH is 1. The van der Waals surface area contributed by atoms with Gasteiger partial charge in [-0.25, -0.2) is 0 Å². The molecule has 0 aliphatic carbocycles. The Morgan fingerprint density at radius 2 is 1.73 bits per heavy atom. The second kappa shape index (κ2) is 6.42. The normalized spacial score (nSPS) is 14.9. The fourth-order valence-corrected chi connectivity index (χ4v) is 2.61. The van der Waals surface area contributed by atoms with E-state index in [1.54, 1.807) is 6.92 Å². The molecule has 0 saturated carbocycles. The van der Waals surface area contributed by atoms with Crippen molar-refractivity contribution in [2.24, 2.45) is 0 Å². The largest absolute Gasteiger partial charge is 0.393 e. The van der Waals surface area contributed by atoms with Crippen LogP contribution >= 0.6 is 0 Å². The minimum atomic E-state index is -3.34. The highest BCUT2D eigenvalue weighted by Gasteiger charge is 2.23. The molecule has 0 rings (SSSR count). The molecule has 1 unspecified atom stereocenters. The summed E-state index contributed by atoms with van der Waals surface area (Å²) in [5.41, 5.74) is 0. The van der Waals surface area contributed by atoms with Crippen molar-refractivity contribution in [3.8, 4) is 0 Å². The van der Waals surface area contributed by atoms with E-state index in [1.165, 1.54) is 15.7 Å². The standard InChI is InChI=1S/C9H22N2O3S/c1-5-11(6-2)15(13,14)10(4)8-7-9(3)12/h9,12H,5-8H2,1-4H3. The quantitative estimate of drug-likeness (QED) is 0.693. The summed E-state index contributed by atoms with van der Waals surface area (Å²) in [7, 11) is -1.80. The highest BCUT2D eigenvalue weighted by atomic mass is 32.2. The topological polar surface area (TPSA) is 60.9 Å². The molecule has 0 aromatic heterocycles. The number of aliphatic hydroxyl groups is 1. The van der Waals surface area contributed by atoms with Gasteiger partial charge in [-0.15, -0.1) is 0 Å². The predicted octanol–water partition coefficient (Wildman–Crippen LogP) is 0.276. The van der Waals surface area contributed by atoms with Crippen molar-refractivity contribution in [2.75, 3.05) is 26.7 Å². The van der Waals surface area contributed by atoms with Gasteiger partial charge in [-0.1, -0.05) is 13.8 Å². The predicted molar refractivity (Wildman–Crippen MR) is 60.8 cm³/mol. The third-order valence-corrected chi connectivity index (χ3v) is 4.43. The minimum absolute atomic E-state index is 0.344. The monoisotopic (exact) mass is 238 g/mol. The van der Waals surface area contributed by atoms with Crippen LogP contribution in [0, 0.1) is 0 Å². The highest BCUT2D eigenvalue weighted by molar-refractivity contribution is 7.86. The second-order valence-electron chi connectivity index (χ2n) is 3.55. The van der Waals surface area contributed by atoms with Gasteiger partial charge in [0.05, 0.1) is 6.10 Å². The Hall–Kier alpha value is -0.170. The van der Waals surface area contributed by atoms with Gasteiger partial charge in [0.2, 0.25) is 0 Å². The van der Waals surface area contributed by atoms with Crippen LogP contribution in [0.25, 0.3) is 0 Å². The molecule has 1 N–H and O–H groups in total. The van der Waals surface area contributed by atoms with Crippen molar-refractivity contribution in [2.45, 2.75) is 33.3 Å². The number of nitrogens with zero attached hydrogens (tertiary/aromatic N) is 2. The first-order valence-corrected chi connectivity index (χ1v) is 6.65. The van der Waals surface area contributed by atoms with Crippen molar-refractivity contribution >= 4 is 10.2 Å². The van der Waals surface area contributed by atoms with Crippen LogP contribution in [0.4, 0.5) is 0 Å². The number of rotatable bonds is 7. The van der Waals surface area contributed by atoms with E-state index in [2.05, 4.69) is 0 Å². The smallest absolute Gasteiger partial charge is 0.281 e. The zero-order valence-corrected chi connectivity index (χ0v) is 10.8. The fourth-order valence-electron chi connectivity index (χ4n) is 1.23. The van der Waals surface area contributed by atoms with Gasteiger partial charge in [0, 0.05) is 26.7 Å². The lowest BCUT2D eigenvalue weighted by atomic mass is 10.3. The van der Waals surface area contributed by atoms with Crippen LogP contribution in [0.2, 0.25) is 0 Å². The molecule has 5 nitrogen and oxygen atoms in total. The van der Waals surface area contributed by atoms with E-state index in [9.17, 15) is 8.42 Å². The van der Waals surface area contributed by atoms with Crippen LogP contribution in [0.5, 0.6) is 0 Å². The first-order chi connectivity index (χ1) is 6.86. The van der Waals surface area contributed by atoms with Gasteiger partial charge >= 0.3 is 0 Å². The Labute approximate surface area is 92.9 Å². The lowest BCUT2D eigenvalue weighted by Crippen LogP contribution is -2.42. The molecule has 0 aromatic carbocycles. The van der Waals surface area contributed by atoms with Crippen LogP contribution in [-0.4, -0.2) is 54.9 Å². The van der Waals surface area contributed by atoms with E-state index in [1.807, 2.05) is 13.8 Å². The summed E-state index contributed by atoms with van der Waals surface area (Å²) < 4.78 is 26.4. The second-order valence-corrected chi connectivity index (χ2v) is 5.59. The molecule has 0 amide bonds. The lowest BCUT2D eigenvalue weighted by Gasteiger charge is -2.25. The van der Waals surface area contributed by atoms with Gasteiger partial charge in [-0.3, -0.25) is 0 Å². The average Bonchev–Trinajstić information content (AvgIpc) is 2.15. The van der Waals surface area contributed by atoms with Gasteiger partial charge in [0.25, 0.3) is 10.2 Å². The third-order valence-electron chi connectivity index (χ3n) is 2.29. The van der Waals surface area contributed by atoms with Gasteiger partial charge in [-0.2, -0.15) is 17.0 Å². The van der Waals surface area contributed by atoms with Crippen molar-refractivity contribution in [1.82, 2.24) is 8.61 Å². The van der Waals surface area contributed by atoms with Crippen molar-refractivity contribution in [3.05, 3.63) is 0 Å². The first-order valence-electron chi connectivity index (χ1n) is 5.25. The summed E-state index contributed by atoms with van der Waals surface area (Å²) in [4.78, 5) is 0. The highest BCUT2D eigenvalue weighted by Crippen LogP contribution is 2.07. The molecular weight excluding hydrogens is 216 g/mol. The minimum Gasteiger partial charge on any atom is -0.393 e. The summed E-state index contributed by atoms with van der Waals surface area (Å²) >= 11 is 0. The summed E-state index contributed by atoms with van der Waals surface area (Å²) in [5.74, 6) is 0. The lowest BCUT2D eigenvalue weighted by molar-refractivity contribution is 0.176. The SMILES string of the molecule is CCN(CC)S(=O)(=O)N(C)CCC(C)O. The molecule has 0 aliphatic heterocycles. The number of hydrogen-bond acceptors (Lipinski definition) is 3. The molecular formula is C9H22N2O3S. The summed E-state index contributed by atoms with van der Waals surface area (Å²) in [6.45, 7) is 6.55. The fraction of sp³-hybridized carbons (Fsp3) is 1.00. The first kappa shape index (κ1) is 14.8. The Morgan fingerprint density at radius 1 is 1.27 bits per heavy atom. The van der Waals surface area contributed by atoms with Crippen LogP contribution in [-0.2, 0) is 10.2 Å². The van der Waals surface area contributed by atoms with E-state index >= 15 is 0 Å². The maximum absolute atomic E-state index is 11.9. The Kier molecular flexibility index (Phi) is 6.35. The van der Waals surface area contributed by atoms with E-state index in [4.69, 9.17) is 5.11 Å². The van der Waals surface area contributed by atoms with Gasteiger partial charge < -0.3 is 5.11 Å². The van der Waals surface area contributed by atoms with Crippen LogP contribution in [0.1, 0.15) is 27.2 Å². The molecule has 0 bridgehead atoms. The molecule has 0 heterocycles. The van der Waals surface area contributed by atoms with E-state index in [-0.39, 0.29) is 0 Å². The van der Waals surface area contributed by atoms with Crippen molar-refractivity contribution < 1.29 is 13.5 Å². The van der Waals surface area contributed by atoms with Gasteiger partial charge in [0.1, 0.15) is 0 Å². The zero-order chi connectivity index (χ0) is 12.1. The molecule has 0 fully saturated rings. The van der Waals surface area contributed by atoms with Crippen LogP contribution in [0.3, 0.4) is 0 Å². The summed E-state index contributed by atoms with van der Waals surface area (Å²) in [5, 5.41) is 9.08. The molecule has 0 radical (unpaired) electrons. The third kappa shape index (κ3) is 4.46. The van der Waals surface area contributed by atoms with Crippen molar-refractivity contribution in [1.29, 1.82) is 0 Å². The Balaban J connectivity index is 4.44. The average molecular weight is 238 g/mol. The molecule has 0 aromatic rings.